The summed E-state index contributed by atoms with van der Waals surface area (Å²) in [5.74, 6) is 0. The molecule has 0 radical (unpaired) electrons. The van der Waals surface area contributed by atoms with Crippen molar-refractivity contribution in [1.29, 1.82) is 0 Å². The van der Waals surface area contributed by atoms with Gasteiger partial charge < -0.3 is 5.32 Å². The molecule has 0 amide bonds. The molecule has 104 valence electrons. The van der Waals surface area contributed by atoms with E-state index < -0.39 is 0 Å². The molecule has 3 rings (SSSR count). The highest BCUT2D eigenvalue weighted by atomic mass is 35.5. The fourth-order valence-electron chi connectivity index (χ4n) is 3.99. The topological polar surface area (TPSA) is 12.0 Å². The minimum Gasteiger partial charge on any atom is -0.307 e. The largest absolute Gasteiger partial charge is 0.307 e. The smallest absolute Gasteiger partial charge is 0.0409 e. The first-order chi connectivity index (χ1) is 9.20. The standard InChI is InChI=1S/C17H24ClN/c1-13(14-6-5-7-15(18)12-14)19-16-8-11-17(16)9-3-2-4-10-17/h5-7,12-13,16,19H,2-4,8-11H2,1H3/t13-,16?/m1/s1. The predicted molar refractivity (Wildman–Crippen MR) is 81.5 cm³/mol. The lowest BCUT2D eigenvalue weighted by atomic mass is 9.57. The van der Waals surface area contributed by atoms with E-state index >= 15 is 0 Å². The van der Waals surface area contributed by atoms with Crippen LogP contribution in [-0.4, -0.2) is 6.04 Å². The summed E-state index contributed by atoms with van der Waals surface area (Å²) in [6.45, 7) is 2.26. The van der Waals surface area contributed by atoms with Crippen molar-refractivity contribution < 1.29 is 0 Å². The Hall–Kier alpha value is -0.530. The van der Waals surface area contributed by atoms with Crippen molar-refractivity contribution in [3.05, 3.63) is 34.9 Å². The summed E-state index contributed by atoms with van der Waals surface area (Å²) >= 11 is 6.09. The molecule has 2 aliphatic carbocycles. The van der Waals surface area contributed by atoms with Crippen molar-refractivity contribution in [3.63, 3.8) is 0 Å². The van der Waals surface area contributed by atoms with Crippen LogP contribution in [0.5, 0.6) is 0 Å². The highest BCUT2D eigenvalue weighted by Crippen LogP contribution is 2.52. The monoisotopic (exact) mass is 277 g/mol. The molecule has 1 spiro atoms. The minimum absolute atomic E-state index is 0.405. The van der Waals surface area contributed by atoms with Gasteiger partial charge in [-0.2, -0.15) is 0 Å². The van der Waals surface area contributed by atoms with E-state index in [0.717, 1.165) is 11.1 Å². The number of hydrogen-bond donors (Lipinski definition) is 1. The molecular weight excluding hydrogens is 254 g/mol. The molecule has 2 aliphatic rings. The van der Waals surface area contributed by atoms with Crippen LogP contribution in [0.1, 0.15) is 63.5 Å². The fraction of sp³-hybridized carbons (Fsp3) is 0.647. The average molecular weight is 278 g/mol. The Labute approximate surface area is 121 Å². The number of halogens is 1. The molecule has 19 heavy (non-hydrogen) atoms. The van der Waals surface area contributed by atoms with Crippen LogP contribution in [0.4, 0.5) is 0 Å². The van der Waals surface area contributed by atoms with Crippen LogP contribution in [0.3, 0.4) is 0 Å². The van der Waals surface area contributed by atoms with E-state index in [2.05, 4.69) is 24.4 Å². The van der Waals surface area contributed by atoms with Gasteiger partial charge in [-0.3, -0.25) is 0 Å². The molecule has 1 nitrogen and oxygen atoms in total. The van der Waals surface area contributed by atoms with Gasteiger partial charge in [0.25, 0.3) is 0 Å². The molecule has 1 aromatic rings. The number of nitrogens with one attached hydrogen (secondary N) is 1. The second-order valence-electron chi connectivity index (χ2n) is 6.46. The molecule has 2 fully saturated rings. The zero-order valence-electron chi connectivity index (χ0n) is 11.8. The lowest BCUT2D eigenvalue weighted by Gasteiger charge is -2.53. The molecule has 2 saturated carbocycles. The third-order valence-corrected chi connectivity index (χ3v) is 5.55. The Morgan fingerprint density at radius 1 is 1.21 bits per heavy atom. The maximum atomic E-state index is 6.09. The van der Waals surface area contributed by atoms with Crippen LogP contribution < -0.4 is 5.32 Å². The van der Waals surface area contributed by atoms with Crippen LogP contribution >= 0.6 is 11.6 Å². The molecule has 0 bridgehead atoms. The summed E-state index contributed by atoms with van der Waals surface area (Å²) in [6, 6.07) is 9.39. The van der Waals surface area contributed by atoms with Crippen molar-refractivity contribution in [2.24, 2.45) is 5.41 Å². The molecular formula is C17H24ClN. The molecule has 1 N–H and O–H groups in total. The van der Waals surface area contributed by atoms with E-state index in [4.69, 9.17) is 11.6 Å². The zero-order chi connectivity index (χ0) is 13.3. The third kappa shape index (κ3) is 2.68. The first kappa shape index (κ1) is 13.5. The van der Waals surface area contributed by atoms with Gasteiger partial charge in [-0.25, -0.2) is 0 Å². The quantitative estimate of drug-likeness (QED) is 0.810. The van der Waals surface area contributed by atoms with Crippen molar-refractivity contribution in [3.8, 4) is 0 Å². The molecule has 2 atom stereocenters. The number of rotatable bonds is 3. The van der Waals surface area contributed by atoms with Gasteiger partial charge in [-0.05, 0) is 55.7 Å². The van der Waals surface area contributed by atoms with Crippen molar-refractivity contribution in [2.75, 3.05) is 0 Å². The minimum atomic E-state index is 0.405. The maximum absolute atomic E-state index is 6.09. The second-order valence-corrected chi connectivity index (χ2v) is 6.89. The molecule has 1 unspecified atom stereocenters. The number of benzene rings is 1. The molecule has 0 saturated heterocycles. The molecule has 0 aliphatic heterocycles. The molecule has 2 heteroatoms. The van der Waals surface area contributed by atoms with Gasteiger partial charge in [0.1, 0.15) is 0 Å². The van der Waals surface area contributed by atoms with Gasteiger partial charge in [-0.1, -0.05) is 43.0 Å². The Morgan fingerprint density at radius 2 is 2.00 bits per heavy atom. The maximum Gasteiger partial charge on any atom is 0.0409 e. The number of hydrogen-bond acceptors (Lipinski definition) is 1. The Morgan fingerprint density at radius 3 is 2.63 bits per heavy atom. The van der Waals surface area contributed by atoms with Gasteiger partial charge in [0.05, 0.1) is 0 Å². The van der Waals surface area contributed by atoms with E-state index in [-0.39, 0.29) is 0 Å². The van der Waals surface area contributed by atoms with Crippen LogP contribution in [0.2, 0.25) is 5.02 Å². The van der Waals surface area contributed by atoms with Gasteiger partial charge in [0.15, 0.2) is 0 Å². The van der Waals surface area contributed by atoms with Gasteiger partial charge in [0.2, 0.25) is 0 Å². The SMILES string of the molecule is C[C@@H](NC1CCC12CCCCC2)c1cccc(Cl)c1. The van der Waals surface area contributed by atoms with E-state index in [0.29, 0.717) is 11.5 Å². The van der Waals surface area contributed by atoms with Crippen LogP contribution in [0.15, 0.2) is 24.3 Å². The highest BCUT2D eigenvalue weighted by molar-refractivity contribution is 6.30. The Bertz CT molecular complexity index is 437. The van der Waals surface area contributed by atoms with E-state index in [9.17, 15) is 0 Å². The first-order valence-corrected chi connectivity index (χ1v) is 8.09. The van der Waals surface area contributed by atoms with Crippen LogP contribution in [0, 0.1) is 5.41 Å². The summed E-state index contributed by atoms with van der Waals surface area (Å²) in [5.41, 5.74) is 1.94. The van der Waals surface area contributed by atoms with Crippen LogP contribution in [0.25, 0.3) is 0 Å². The van der Waals surface area contributed by atoms with Crippen molar-refractivity contribution in [1.82, 2.24) is 5.32 Å². The molecule has 0 heterocycles. The van der Waals surface area contributed by atoms with Crippen molar-refractivity contribution in [2.45, 2.75) is 64.0 Å². The predicted octanol–water partition coefficient (Wildman–Crippen LogP) is 5.10. The lowest BCUT2D eigenvalue weighted by Crippen LogP contribution is -2.54. The fourth-order valence-corrected chi connectivity index (χ4v) is 4.18. The summed E-state index contributed by atoms with van der Waals surface area (Å²) < 4.78 is 0. The Balaban J connectivity index is 1.65. The van der Waals surface area contributed by atoms with Gasteiger partial charge >= 0.3 is 0 Å². The highest BCUT2D eigenvalue weighted by Gasteiger charge is 2.46. The lowest BCUT2D eigenvalue weighted by molar-refractivity contribution is 0.0174. The van der Waals surface area contributed by atoms with Crippen LogP contribution in [-0.2, 0) is 0 Å². The van der Waals surface area contributed by atoms with Gasteiger partial charge in [-0.15, -0.1) is 0 Å². The summed E-state index contributed by atoms with van der Waals surface area (Å²) in [6.07, 6.45) is 9.98. The first-order valence-electron chi connectivity index (χ1n) is 7.71. The summed E-state index contributed by atoms with van der Waals surface area (Å²) in [7, 11) is 0. The summed E-state index contributed by atoms with van der Waals surface area (Å²) in [5, 5.41) is 4.70. The Kier molecular flexibility index (Phi) is 3.86. The molecule has 0 aromatic heterocycles. The molecule has 1 aromatic carbocycles. The summed E-state index contributed by atoms with van der Waals surface area (Å²) in [4.78, 5) is 0. The average Bonchev–Trinajstić information content (AvgIpc) is 2.44. The normalized spacial score (nSPS) is 26.9. The second kappa shape index (κ2) is 5.46. The van der Waals surface area contributed by atoms with Gasteiger partial charge in [0, 0.05) is 17.1 Å². The van der Waals surface area contributed by atoms with E-state index in [1.54, 1.807) is 0 Å². The zero-order valence-corrected chi connectivity index (χ0v) is 12.5. The third-order valence-electron chi connectivity index (χ3n) is 5.32. The van der Waals surface area contributed by atoms with E-state index in [1.807, 2.05) is 12.1 Å². The van der Waals surface area contributed by atoms with E-state index in [1.165, 1.54) is 50.5 Å². The van der Waals surface area contributed by atoms with Crippen molar-refractivity contribution >= 4 is 11.6 Å².